The van der Waals surface area contributed by atoms with E-state index >= 15 is 0 Å². The number of likely N-dealkylation sites (tertiary alicyclic amines) is 1. The lowest BCUT2D eigenvalue weighted by Gasteiger charge is -2.21. The molecule has 1 saturated heterocycles. The second kappa shape index (κ2) is 7.70. The highest BCUT2D eigenvalue weighted by molar-refractivity contribution is 6.30. The monoisotopic (exact) mass is 356 g/mol. The minimum atomic E-state index is -0.277. The van der Waals surface area contributed by atoms with Crippen LogP contribution in [0.5, 0.6) is 0 Å². The van der Waals surface area contributed by atoms with Gasteiger partial charge in [0.1, 0.15) is 0 Å². The summed E-state index contributed by atoms with van der Waals surface area (Å²) in [5.41, 5.74) is 2.06. The van der Waals surface area contributed by atoms with Gasteiger partial charge in [-0.2, -0.15) is 0 Å². The number of hydrogen-bond acceptors (Lipinski definition) is 2. The Morgan fingerprint density at radius 2 is 1.88 bits per heavy atom. The fourth-order valence-electron chi connectivity index (χ4n) is 3.19. The molecule has 4 nitrogen and oxygen atoms in total. The van der Waals surface area contributed by atoms with E-state index in [-0.39, 0.29) is 24.2 Å². The van der Waals surface area contributed by atoms with Gasteiger partial charge in [0, 0.05) is 38.1 Å². The van der Waals surface area contributed by atoms with Crippen LogP contribution >= 0.6 is 11.6 Å². The number of halogens is 1. The third kappa shape index (κ3) is 4.40. The first-order valence-electron chi connectivity index (χ1n) is 8.34. The number of benzene rings is 2. The van der Waals surface area contributed by atoms with Gasteiger partial charge >= 0.3 is 0 Å². The normalized spacial score (nSPS) is 17.0. The Bertz CT molecular complexity index is 763. The summed E-state index contributed by atoms with van der Waals surface area (Å²) >= 11 is 6.00. The van der Waals surface area contributed by atoms with Crippen LogP contribution in [0, 0.1) is 5.92 Å². The molecule has 130 valence electrons. The zero-order valence-corrected chi connectivity index (χ0v) is 14.9. The van der Waals surface area contributed by atoms with Crippen LogP contribution in [0.25, 0.3) is 0 Å². The summed E-state index contributed by atoms with van der Waals surface area (Å²) in [4.78, 5) is 28.4. The lowest BCUT2D eigenvalue weighted by atomic mass is 10.1. The summed E-state index contributed by atoms with van der Waals surface area (Å²) < 4.78 is 0. The second-order valence-corrected chi connectivity index (χ2v) is 6.92. The molecular formula is C20H21ClN2O2. The standard InChI is InChI=1S/C20H21ClN2O2/c1-22(12-16-8-5-9-18(21)10-16)20(25)17-11-19(24)23(14-17)13-15-6-3-2-4-7-15/h2-10,17H,11-14H2,1H3. The van der Waals surface area contributed by atoms with Crippen molar-refractivity contribution in [1.29, 1.82) is 0 Å². The molecule has 0 aromatic heterocycles. The Balaban J connectivity index is 1.60. The summed E-state index contributed by atoms with van der Waals surface area (Å²) in [6.45, 7) is 1.52. The van der Waals surface area contributed by atoms with Crippen molar-refractivity contribution in [3.05, 3.63) is 70.7 Å². The Hall–Kier alpha value is -2.33. The number of hydrogen-bond donors (Lipinski definition) is 0. The van der Waals surface area contributed by atoms with Gasteiger partial charge in [0.25, 0.3) is 0 Å². The second-order valence-electron chi connectivity index (χ2n) is 6.49. The number of nitrogens with zero attached hydrogens (tertiary/aromatic N) is 2. The molecule has 2 aromatic carbocycles. The van der Waals surface area contributed by atoms with Crippen molar-refractivity contribution in [1.82, 2.24) is 9.80 Å². The van der Waals surface area contributed by atoms with E-state index < -0.39 is 0 Å². The van der Waals surface area contributed by atoms with Crippen molar-refractivity contribution in [2.75, 3.05) is 13.6 Å². The summed E-state index contributed by atoms with van der Waals surface area (Å²) in [5, 5.41) is 0.656. The molecule has 0 bridgehead atoms. The fourth-order valence-corrected chi connectivity index (χ4v) is 3.41. The Kier molecular flexibility index (Phi) is 5.39. The molecule has 1 unspecified atom stereocenters. The van der Waals surface area contributed by atoms with Crippen LogP contribution in [0.4, 0.5) is 0 Å². The quantitative estimate of drug-likeness (QED) is 0.824. The largest absolute Gasteiger partial charge is 0.341 e. The molecule has 5 heteroatoms. The number of amides is 2. The average molecular weight is 357 g/mol. The average Bonchev–Trinajstić information content (AvgIpc) is 2.96. The van der Waals surface area contributed by atoms with E-state index in [1.54, 1.807) is 16.8 Å². The van der Waals surface area contributed by atoms with Gasteiger partial charge in [-0.1, -0.05) is 54.1 Å². The van der Waals surface area contributed by atoms with E-state index in [0.717, 1.165) is 11.1 Å². The van der Waals surface area contributed by atoms with E-state index in [4.69, 9.17) is 11.6 Å². The Labute approximate surface area is 153 Å². The number of carbonyl (C=O) groups is 2. The first kappa shape index (κ1) is 17.5. The zero-order chi connectivity index (χ0) is 17.8. The van der Waals surface area contributed by atoms with Gasteiger partial charge in [0.05, 0.1) is 5.92 Å². The molecule has 0 N–H and O–H groups in total. The maximum atomic E-state index is 12.7. The molecule has 2 amide bonds. The summed E-state index contributed by atoms with van der Waals surface area (Å²) in [5.74, 6) is -0.234. The third-order valence-electron chi connectivity index (χ3n) is 4.46. The van der Waals surface area contributed by atoms with Crippen LogP contribution in [-0.2, 0) is 22.7 Å². The molecule has 0 aliphatic carbocycles. The number of rotatable bonds is 5. The summed E-state index contributed by atoms with van der Waals surface area (Å²) in [7, 11) is 1.77. The van der Waals surface area contributed by atoms with E-state index in [1.807, 2.05) is 54.6 Å². The van der Waals surface area contributed by atoms with Crippen molar-refractivity contribution in [2.24, 2.45) is 5.92 Å². The molecule has 1 atom stereocenters. The van der Waals surface area contributed by atoms with Crippen molar-refractivity contribution >= 4 is 23.4 Å². The molecule has 0 saturated carbocycles. The first-order valence-corrected chi connectivity index (χ1v) is 8.72. The van der Waals surface area contributed by atoms with Crippen LogP contribution in [0.1, 0.15) is 17.5 Å². The van der Waals surface area contributed by atoms with Crippen molar-refractivity contribution < 1.29 is 9.59 Å². The van der Waals surface area contributed by atoms with Crippen LogP contribution < -0.4 is 0 Å². The van der Waals surface area contributed by atoms with Gasteiger partial charge < -0.3 is 9.80 Å². The maximum Gasteiger partial charge on any atom is 0.228 e. The molecule has 1 aliphatic rings. The van der Waals surface area contributed by atoms with Crippen molar-refractivity contribution in [3.63, 3.8) is 0 Å². The van der Waals surface area contributed by atoms with Crippen molar-refractivity contribution in [3.8, 4) is 0 Å². The van der Waals surface area contributed by atoms with E-state index in [1.165, 1.54) is 0 Å². The highest BCUT2D eigenvalue weighted by atomic mass is 35.5. The van der Waals surface area contributed by atoms with E-state index in [0.29, 0.717) is 24.7 Å². The maximum absolute atomic E-state index is 12.7. The summed E-state index contributed by atoms with van der Waals surface area (Å²) in [6.07, 6.45) is 0.283. The fraction of sp³-hybridized carbons (Fsp3) is 0.300. The minimum absolute atomic E-state index is 0.00360. The minimum Gasteiger partial charge on any atom is -0.341 e. The molecule has 0 spiro atoms. The van der Waals surface area contributed by atoms with Crippen molar-refractivity contribution in [2.45, 2.75) is 19.5 Å². The van der Waals surface area contributed by atoms with Crippen LogP contribution in [-0.4, -0.2) is 35.2 Å². The molecule has 25 heavy (non-hydrogen) atoms. The molecule has 1 fully saturated rings. The third-order valence-corrected chi connectivity index (χ3v) is 4.70. The van der Waals surface area contributed by atoms with Gasteiger partial charge in [0.2, 0.25) is 11.8 Å². The SMILES string of the molecule is CN(Cc1cccc(Cl)c1)C(=O)C1CC(=O)N(Cc2ccccc2)C1. The molecule has 3 rings (SSSR count). The van der Waals surface area contributed by atoms with Gasteiger partial charge in [0.15, 0.2) is 0 Å². The molecule has 2 aromatic rings. The topological polar surface area (TPSA) is 40.6 Å². The van der Waals surface area contributed by atoms with Crippen LogP contribution in [0.15, 0.2) is 54.6 Å². The predicted molar refractivity (Wildman–Crippen MR) is 97.9 cm³/mol. The van der Waals surface area contributed by atoms with Gasteiger partial charge in [-0.3, -0.25) is 9.59 Å². The number of carbonyl (C=O) groups excluding carboxylic acids is 2. The molecular weight excluding hydrogens is 336 g/mol. The summed E-state index contributed by atoms with van der Waals surface area (Å²) in [6, 6.07) is 17.3. The lowest BCUT2D eigenvalue weighted by molar-refractivity contribution is -0.135. The van der Waals surface area contributed by atoms with Crippen LogP contribution in [0.2, 0.25) is 5.02 Å². The first-order chi connectivity index (χ1) is 12.0. The van der Waals surface area contributed by atoms with E-state index in [9.17, 15) is 9.59 Å². The smallest absolute Gasteiger partial charge is 0.228 e. The zero-order valence-electron chi connectivity index (χ0n) is 14.2. The van der Waals surface area contributed by atoms with Gasteiger partial charge in [-0.25, -0.2) is 0 Å². The van der Waals surface area contributed by atoms with Gasteiger partial charge in [-0.05, 0) is 23.3 Å². The van der Waals surface area contributed by atoms with Gasteiger partial charge in [-0.15, -0.1) is 0 Å². The highest BCUT2D eigenvalue weighted by Crippen LogP contribution is 2.23. The molecule has 0 radical (unpaired) electrons. The molecule has 1 heterocycles. The van der Waals surface area contributed by atoms with E-state index in [2.05, 4.69) is 0 Å². The lowest BCUT2D eigenvalue weighted by Crippen LogP contribution is -2.34. The Morgan fingerprint density at radius 1 is 1.16 bits per heavy atom. The molecule has 1 aliphatic heterocycles. The van der Waals surface area contributed by atoms with Crippen LogP contribution in [0.3, 0.4) is 0 Å². The Morgan fingerprint density at radius 3 is 2.60 bits per heavy atom. The predicted octanol–water partition coefficient (Wildman–Crippen LogP) is 3.35. The highest BCUT2D eigenvalue weighted by Gasteiger charge is 2.35.